The summed E-state index contributed by atoms with van der Waals surface area (Å²) in [5.74, 6) is -2.52. The molecule has 150 valence electrons. The molecular weight excluding hydrogens is 383 g/mol. The van der Waals surface area contributed by atoms with E-state index in [1.54, 1.807) is 0 Å². The van der Waals surface area contributed by atoms with Gasteiger partial charge in [0.25, 0.3) is 0 Å². The zero-order valence-corrected chi connectivity index (χ0v) is 14.8. The van der Waals surface area contributed by atoms with Gasteiger partial charge in [0.2, 0.25) is 5.91 Å². The van der Waals surface area contributed by atoms with Crippen LogP contribution < -0.4 is 5.32 Å². The Morgan fingerprint density at radius 3 is 2.46 bits per heavy atom. The van der Waals surface area contributed by atoms with Crippen molar-refractivity contribution >= 4 is 5.91 Å². The minimum Gasteiger partial charge on any atom is -0.385 e. The first-order valence-electron chi connectivity index (χ1n) is 8.47. The Bertz CT molecular complexity index is 907. The number of benzene rings is 1. The van der Waals surface area contributed by atoms with Crippen molar-refractivity contribution in [2.75, 3.05) is 0 Å². The van der Waals surface area contributed by atoms with Crippen molar-refractivity contribution in [1.82, 2.24) is 10.3 Å². The molecular formula is C19H17F5N2O2. The van der Waals surface area contributed by atoms with Crippen LogP contribution in [0, 0.1) is 11.6 Å². The minimum absolute atomic E-state index is 0.0725. The van der Waals surface area contributed by atoms with Gasteiger partial charge in [-0.25, -0.2) is 13.8 Å². The van der Waals surface area contributed by atoms with Gasteiger partial charge in [0.15, 0.2) is 0 Å². The number of hydrogen-bond donors (Lipinski definition) is 2. The van der Waals surface area contributed by atoms with Crippen LogP contribution in [0.2, 0.25) is 0 Å². The Morgan fingerprint density at radius 1 is 1.21 bits per heavy atom. The van der Waals surface area contributed by atoms with Crippen LogP contribution in [0.3, 0.4) is 0 Å². The molecule has 1 heterocycles. The van der Waals surface area contributed by atoms with Crippen LogP contribution in [-0.4, -0.2) is 16.0 Å². The maximum Gasteiger partial charge on any atom is 0.433 e. The van der Waals surface area contributed by atoms with Crippen molar-refractivity contribution in [3.8, 4) is 0 Å². The van der Waals surface area contributed by atoms with E-state index in [0.717, 1.165) is 18.2 Å². The summed E-state index contributed by atoms with van der Waals surface area (Å²) in [6, 6.07) is 6.03. The lowest BCUT2D eigenvalue weighted by Crippen LogP contribution is -2.40. The number of hydrogen-bond acceptors (Lipinski definition) is 3. The third kappa shape index (κ3) is 4.14. The van der Waals surface area contributed by atoms with Crippen LogP contribution in [-0.2, 0) is 22.1 Å². The van der Waals surface area contributed by atoms with Crippen molar-refractivity contribution in [2.24, 2.45) is 0 Å². The van der Waals surface area contributed by atoms with Crippen molar-refractivity contribution in [3.63, 3.8) is 0 Å². The van der Waals surface area contributed by atoms with E-state index in [0.29, 0.717) is 18.9 Å². The van der Waals surface area contributed by atoms with Gasteiger partial charge in [-0.05, 0) is 38.0 Å². The molecule has 1 fully saturated rings. The van der Waals surface area contributed by atoms with E-state index in [1.165, 1.54) is 19.1 Å². The molecule has 0 aliphatic heterocycles. The first kappa shape index (κ1) is 20.2. The molecule has 4 nitrogen and oxygen atoms in total. The molecule has 0 unspecified atom stereocenters. The number of amides is 1. The Balaban J connectivity index is 1.76. The number of pyridine rings is 1. The monoisotopic (exact) mass is 400 g/mol. The SMILES string of the molecule is C[C@@](O)(CC(=O)NC1(c2cccc(C(F)(F)F)n2)CC1)c1ccc(F)cc1F. The van der Waals surface area contributed by atoms with Crippen molar-refractivity contribution in [3.05, 3.63) is 65.0 Å². The lowest BCUT2D eigenvalue weighted by atomic mass is 9.91. The van der Waals surface area contributed by atoms with Gasteiger partial charge in [-0.15, -0.1) is 0 Å². The average Bonchev–Trinajstić information content (AvgIpc) is 3.33. The number of halogens is 5. The zero-order chi connectivity index (χ0) is 20.7. The number of nitrogens with one attached hydrogen (secondary N) is 1. The van der Waals surface area contributed by atoms with Gasteiger partial charge in [-0.1, -0.05) is 12.1 Å². The highest BCUT2D eigenvalue weighted by atomic mass is 19.4. The number of aromatic nitrogens is 1. The van der Waals surface area contributed by atoms with Gasteiger partial charge in [0.1, 0.15) is 17.3 Å². The quantitative estimate of drug-likeness (QED) is 0.751. The van der Waals surface area contributed by atoms with Crippen LogP contribution in [0.25, 0.3) is 0 Å². The molecule has 9 heteroatoms. The Kier molecular flexibility index (Phi) is 4.91. The fraction of sp³-hybridized carbons (Fsp3) is 0.368. The molecule has 1 aliphatic carbocycles. The van der Waals surface area contributed by atoms with Crippen molar-refractivity contribution in [1.29, 1.82) is 0 Å². The number of carbonyl (C=O) groups excluding carboxylic acids is 1. The first-order valence-corrected chi connectivity index (χ1v) is 8.47. The third-order valence-corrected chi connectivity index (χ3v) is 4.67. The molecule has 1 atom stereocenters. The highest BCUT2D eigenvalue weighted by Gasteiger charge is 2.48. The largest absolute Gasteiger partial charge is 0.433 e. The van der Waals surface area contributed by atoms with Crippen molar-refractivity contribution in [2.45, 2.75) is 43.5 Å². The fourth-order valence-corrected chi connectivity index (χ4v) is 3.07. The van der Waals surface area contributed by atoms with Crippen LogP contribution in [0.5, 0.6) is 0 Å². The molecule has 1 amide bonds. The van der Waals surface area contributed by atoms with Gasteiger partial charge in [0, 0.05) is 11.6 Å². The minimum atomic E-state index is -4.61. The van der Waals surface area contributed by atoms with E-state index in [4.69, 9.17) is 0 Å². The van der Waals surface area contributed by atoms with E-state index < -0.39 is 47.0 Å². The second-order valence-electron chi connectivity index (χ2n) is 7.11. The third-order valence-electron chi connectivity index (χ3n) is 4.67. The van der Waals surface area contributed by atoms with Crippen LogP contribution in [0.4, 0.5) is 22.0 Å². The maximum absolute atomic E-state index is 13.9. The van der Waals surface area contributed by atoms with Crippen LogP contribution in [0.15, 0.2) is 36.4 Å². The van der Waals surface area contributed by atoms with E-state index in [-0.39, 0.29) is 11.3 Å². The summed E-state index contributed by atoms with van der Waals surface area (Å²) >= 11 is 0. The molecule has 0 saturated heterocycles. The van der Waals surface area contributed by atoms with Gasteiger partial charge < -0.3 is 10.4 Å². The van der Waals surface area contributed by atoms with Crippen LogP contribution in [0.1, 0.15) is 43.1 Å². The summed E-state index contributed by atoms with van der Waals surface area (Å²) in [6.45, 7) is 1.20. The maximum atomic E-state index is 13.9. The molecule has 28 heavy (non-hydrogen) atoms. The lowest BCUT2D eigenvalue weighted by molar-refractivity contribution is -0.141. The molecule has 2 aromatic rings. The molecule has 0 spiro atoms. The molecule has 0 radical (unpaired) electrons. The topological polar surface area (TPSA) is 62.2 Å². The smallest absolute Gasteiger partial charge is 0.385 e. The first-order chi connectivity index (χ1) is 12.9. The summed E-state index contributed by atoms with van der Waals surface area (Å²) in [4.78, 5) is 16.0. The fourth-order valence-electron chi connectivity index (χ4n) is 3.07. The summed E-state index contributed by atoms with van der Waals surface area (Å²) in [6.07, 6.45) is -4.39. The lowest BCUT2D eigenvalue weighted by Gasteiger charge is -2.26. The number of rotatable bonds is 5. The number of carbonyl (C=O) groups is 1. The van der Waals surface area contributed by atoms with E-state index >= 15 is 0 Å². The highest BCUT2D eigenvalue weighted by molar-refractivity contribution is 5.78. The van der Waals surface area contributed by atoms with Gasteiger partial charge in [-0.3, -0.25) is 4.79 Å². The second kappa shape index (κ2) is 6.80. The van der Waals surface area contributed by atoms with Gasteiger partial charge >= 0.3 is 6.18 Å². The Morgan fingerprint density at radius 2 is 1.89 bits per heavy atom. The molecule has 1 aliphatic rings. The zero-order valence-electron chi connectivity index (χ0n) is 14.8. The Labute approximate surface area is 157 Å². The molecule has 1 aromatic carbocycles. The molecule has 1 aromatic heterocycles. The van der Waals surface area contributed by atoms with Crippen LogP contribution >= 0.6 is 0 Å². The van der Waals surface area contributed by atoms with Gasteiger partial charge in [-0.2, -0.15) is 13.2 Å². The predicted octanol–water partition coefficient (Wildman–Crippen LogP) is 3.78. The second-order valence-corrected chi connectivity index (χ2v) is 7.11. The van der Waals surface area contributed by atoms with Gasteiger partial charge in [0.05, 0.1) is 23.3 Å². The average molecular weight is 400 g/mol. The normalized spacial score (nSPS) is 17.7. The number of aliphatic hydroxyl groups is 1. The van der Waals surface area contributed by atoms with Crippen molar-refractivity contribution < 1.29 is 31.9 Å². The molecule has 2 N–H and O–H groups in total. The number of alkyl halides is 3. The predicted molar refractivity (Wildman–Crippen MR) is 88.8 cm³/mol. The molecule has 1 saturated carbocycles. The summed E-state index contributed by atoms with van der Waals surface area (Å²) in [7, 11) is 0. The van der Waals surface area contributed by atoms with E-state index in [9.17, 15) is 31.9 Å². The summed E-state index contributed by atoms with van der Waals surface area (Å²) in [5.41, 5.74) is -4.23. The highest BCUT2D eigenvalue weighted by Crippen LogP contribution is 2.45. The number of nitrogens with zero attached hydrogens (tertiary/aromatic N) is 1. The van der Waals surface area contributed by atoms with E-state index in [1.807, 2.05) is 0 Å². The summed E-state index contributed by atoms with van der Waals surface area (Å²) < 4.78 is 65.6. The van der Waals surface area contributed by atoms with E-state index in [2.05, 4.69) is 10.3 Å². The molecule has 3 rings (SSSR count). The standard InChI is InChI=1S/C19H17F5N2O2/c1-17(28,12-6-5-11(20)9-13(12)21)10-16(27)26-18(7-8-18)14-3-2-4-15(25-14)19(22,23)24/h2-6,9,28H,7-8,10H2,1H3,(H,26,27)/t17-/m1/s1. The summed E-state index contributed by atoms with van der Waals surface area (Å²) in [5, 5.41) is 13.1. The molecule has 0 bridgehead atoms. The Hall–Kier alpha value is -2.55.